The van der Waals surface area contributed by atoms with Gasteiger partial charge in [0, 0.05) is 11.3 Å². The number of aromatic nitrogens is 1. The molecule has 1 aromatic heterocycles. The van der Waals surface area contributed by atoms with Gasteiger partial charge in [-0.3, -0.25) is 4.79 Å². The Kier molecular flexibility index (Phi) is 4.59. The number of nitrogens with zero attached hydrogens (tertiary/aromatic N) is 1. The van der Waals surface area contributed by atoms with Gasteiger partial charge in [0.05, 0.1) is 7.11 Å². The summed E-state index contributed by atoms with van der Waals surface area (Å²) in [4.78, 5) is 25.2. The van der Waals surface area contributed by atoms with Crippen LogP contribution in [0, 0.1) is 18.3 Å². The van der Waals surface area contributed by atoms with Crippen molar-refractivity contribution in [2.75, 3.05) is 13.7 Å². The largest absolute Gasteiger partial charge is 0.482 e. The first-order valence-corrected chi connectivity index (χ1v) is 6.49. The molecule has 6 heteroatoms. The van der Waals surface area contributed by atoms with Crippen molar-refractivity contribution in [2.24, 2.45) is 0 Å². The molecule has 0 aliphatic rings. The number of aromatic amines is 1. The second-order valence-corrected chi connectivity index (χ2v) is 4.55. The second-order valence-electron chi connectivity index (χ2n) is 4.55. The summed E-state index contributed by atoms with van der Waals surface area (Å²) in [5.41, 5.74) is 1.92. The molecule has 0 bridgehead atoms. The van der Waals surface area contributed by atoms with Crippen LogP contribution in [0.25, 0.3) is 11.1 Å². The second kappa shape index (κ2) is 6.59. The van der Waals surface area contributed by atoms with Gasteiger partial charge in [0.1, 0.15) is 17.4 Å². The summed E-state index contributed by atoms with van der Waals surface area (Å²) >= 11 is 0. The van der Waals surface area contributed by atoms with E-state index in [9.17, 15) is 9.59 Å². The molecule has 1 heterocycles. The molecule has 2 rings (SSSR count). The SMILES string of the molecule is COC(=O)COc1ccc(-c2cc(C#N)c(=O)[nH]c2C)cc1. The number of carbonyl (C=O) groups is 1. The number of pyridine rings is 1. The lowest BCUT2D eigenvalue weighted by atomic mass is 10.0. The number of H-pyrrole nitrogens is 1. The third-order valence-electron chi connectivity index (χ3n) is 3.11. The van der Waals surface area contributed by atoms with Crippen molar-refractivity contribution < 1.29 is 14.3 Å². The molecule has 0 fully saturated rings. The predicted molar refractivity (Wildman–Crippen MR) is 79.5 cm³/mol. The summed E-state index contributed by atoms with van der Waals surface area (Å²) < 4.78 is 9.75. The Balaban J connectivity index is 2.26. The molecule has 112 valence electrons. The van der Waals surface area contributed by atoms with Crippen LogP contribution in [0.4, 0.5) is 0 Å². The third-order valence-corrected chi connectivity index (χ3v) is 3.11. The van der Waals surface area contributed by atoms with Crippen molar-refractivity contribution in [1.29, 1.82) is 5.26 Å². The Labute approximate surface area is 126 Å². The Hall–Kier alpha value is -3.07. The van der Waals surface area contributed by atoms with Crippen molar-refractivity contribution in [3.63, 3.8) is 0 Å². The van der Waals surface area contributed by atoms with Gasteiger partial charge in [0.15, 0.2) is 6.61 Å². The lowest BCUT2D eigenvalue weighted by Gasteiger charge is -2.08. The quantitative estimate of drug-likeness (QED) is 0.868. The maximum atomic E-state index is 11.5. The van der Waals surface area contributed by atoms with Gasteiger partial charge < -0.3 is 14.5 Å². The molecule has 0 unspecified atom stereocenters. The van der Waals surface area contributed by atoms with E-state index in [2.05, 4.69) is 9.72 Å². The van der Waals surface area contributed by atoms with Gasteiger partial charge in [-0.1, -0.05) is 12.1 Å². The van der Waals surface area contributed by atoms with Crippen LogP contribution in [0.5, 0.6) is 5.75 Å². The van der Waals surface area contributed by atoms with Crippen molar-refractivity contribution in [2.45, 2.75) is 6.92 Å². The van der Waals surface area contributed by atoms with Gasteiger partial charge in [-0.15, -0.1) is 0 Å². The van der Waals surface area contributed by atoms with E-state index in [-0.39, 0.29) is 12.2 Å². The first-order chi connectivity index (χ1) is 10.5. The molecule has 22 heavy (non-hydrogen) atoms. The molecule has 0 saturated carbocycles. The van der Waals surface area contributed by atoms with E-state index in [1.54, 1.807) is 37.3 Å². The zero-order valence-corrected chi connectivity index (χ0v) is 12.2. The number of aryl methyl sites for hydroxylation is 1. The number of carbonyl (C=O) groups excluding carboxylic acids is 1. The molecule has 0 radical (unpaired) electrons. The zero-order valence-electron chi connectivity index (χ0n) is 12.2. The van der Waals surface area contributed by atoms with Gasteiger partial charge in [-0.25, -0.2) is 4.79 Å². The third kappa shape index (κ3) is 3.33. The van der Waals surface area contributed by atoms with Crippen LogP contribution in [-0.2, 0) is 9.53 Å². The number of ether oxygens (including phenoxy) is 2. The Morgan fingerprint density at radius 3 is 2.59 bits per heavy atom. The van der Waals surface area contributed by atoms with Crippen molar-refractivity contribution in [1.82, 2.24) is 4.98 Å². The minimum absolute atomic E-state index is 0.0617. The van der Waals surface area contributed by atoms with E-state index in [4.69, 9.17) is 10.00 Å². The first kappa shape index (κ1) is 15.3. The highest BCUT2D eigenvalue weighted by atomic mass is 16.6. The molecule has 0 saturated heterocycles. The highest BCUT2D eigenvalue weighted by molar-refractivity contribution is 5.71. The summed E-state index contributed by atoms with van der Waals surface area (Å²) in [5, 5.41) is 8.94. The molecular weight excluding hydrogens is 284 g/mol. The topological polar surface area (TPSA) is 92.2 Å². The van der Waals surface area contributed by atoms with Crippen molar-refractivity contribution in [3.05, 3.63) is 51.9 Å². The zero-order chi connectivity index (χ0) is 16.1. The molecule has 0 amide bonds. The normalized spacial score (nSPS) is 9.86. The van der Waals surface area contributed by atoms with E-state index < -0.39 is 11.5 Å². The van der Waals surface area contributed by atoms with E-state index in [1.807, 2.05) is 6.07 Å². The van der Waals surface area contributed by atoms with Gasteiger partial charge in [-0.05, 0) is 30.7 Å². The molecule has 2 aromatic rings. The number of hydrogen-bond donors (Lipinski definition) is 1. The van der Waals surface area contributed by atoms with Crippen LogP contribution < -0.4 is 10.3 Å². The molecule has 1 N–H and O–H groups in total. The average Bonchev–Trinajstić information content (AvgIpc) is 2.53. The van der Waals surface area contributed by atoms with E-state index >= 15 is 0 Å². The van der Waals surface area contributed by atoms with Crippen LogP contribution in [0.1, 0.15) is 11.3 Å². The van der Waals surface area contributed by atoms with Gasteiger partial charge in [-0.2, -0.15) is 5.26 Å². The number of benzene rings is 1. The Morgan fingerprint density at radius 1 is 1.32 bits per heavy atom. The van der Waals surface area contributed by atoms with Crippen LogP contribution in [-0.4, -0.2) is 24.7 Å². The summed E-state index contributed by atoms with van der Waals surface area (Å²) in [7, 11) is 1.29. The molecule has 0 aliphatic carbocycles. The lowest BCUT2D eigenvalue weighted by molar-refractivity contribution is -0.142. The monoisotopic (exact) mass is 298 g/mol. The number of hydrogen-bond acceptors (Lipinski definition) is 5. The fourth-order valence-electron chi connectivity index (χ4n) is 1.94. The fraction of sp³-hybridized carbons (Fsp3) is 0.188. The maximum Gasteiger partial charge on any atom is 0.343 e. The minimum Gasteiger partial charge on any atom is -0.482 e. The standard InChI is InChI=1S/C16H14N2O4/c1-10-14(7-12(8-17)16(20)18-10)11-3-5-13(6-4-11)22-9-15(19)21-2/h3-7H,9H2,1-2H3,(H,18,20). The van der Waals surface area contributed by atoms with Gasteiger partial charge >= 0.3 is 5.97 Å². The minimum atomic E-state index is -0.459. The summed E-state index contributed by atoms with van der Waals surface area (Å²) in [6.45, 7) is 1.60. The van der Waals surface area contributed by atoms with Gasteiger partial charge in [0.25, 0.3) is 5.56 Å². The molecular formula is C16H14N2O4. The number of nitrogens with one attached hydrogen (secondary N) is 1. The summed E-state index contributed by atoms with van der Waals surface area (Å²) in [5.74, 6) is 0.0657. The van der Waals surface area contributed by atoms with Crippen LogP contribution >= 0.6 is 0 Å². The van der Waals surface area contributed by atoms with E-state index in [1.165, 1.54) is 7.11 Å². The highest BCUT2D eigenvalue weighted by Gasteiger charge is 2.08. The maximum absolute atomic E-state index is 11.5. The van der Waals surface area contributed by atoms with Crippen molar-refractivity contribution >= 4 is 5.97 Å². The number of esters is 1. The molecule has 0 atom stereocenters. The predicted octanol–water partition coefficient (Wildman–Crippen LogP) is 1.77. The first-order valence-electron chi connectivity index (χ1n) is 6.49. The van der Waals surface area contributed by atoms with Crippen LogP contribution in [0.15, 0.2) is 35.1 Å². The Morgan fingerprint density at radius 2 is 2.00 bits per heavy atom. The molecule has 6 nitrogen and oxygen atoms in total. The van der Waals surface area contributed by atoms with Crippen LogP contribution in [0.2, 0.25) is 0 Å². The average molecular weight is 298 g/mol. The number of methoxy groups -OCH3 is 1. The molecule has 0 aliphatic heterocycles. The lowest BCUT2D eigenvalue weighted by Crippen LogP contribution is -2.12. The van der Waals surface area contributed by atoms with E-state index in [0.29, 0.717) is 11.4 Å². The molecule has 1 aromatic carbocycles. The summed E-state index contributed by atoms with van der Waals surface area (Å²) in [6.07, 6.45) is 0. The highest BCUT2D eigenvalue weighted by Crippen LogP contribution is 2.24. The molecule has 0 spiro atoms. The summed E-state index contributed by atoms with van der Waals surface area (Å²) in [6, 6.07) is 10.4. The van der Waals surface area contributed by atoms with Gasteiger partial charge in [0.2, 0.25) is 0 Å². The smallest absolute Gasteiger partial charge is 0.343 e. The number of rotatable bonds is 4. The number of nitriles is 1. The van der Waals surface area contributed by atoms with E-state index in [0.717, 1.165) is 11.1 Å². The fourth-order valence-corrected chi connectivity index (χ4v) is 1.94. The van der Waals surface area contributed by atoms with Crippen molar-refractivity contribution in [3.8, 4) is 22.9 Å². The van der Waals surface area contributed by atoms with Crippen LogP contribution in [0.3, 0.4) is 0 Å². The Bertz CT molecular complexity index is 785.